The lowest BCUT2D eigenvalue weighted by atomic mass is 10.7. The van der Waals surface area contributed by atoms with Gasteiger partial charge in [0.1, 0.15) is 0 Å². The number of hydrogen-bond acceptors (Lipinski definition) is 7. The average Bonchev–Trinajstić information content (AvgIpc) is 1.85. The minimum atomic E-state index is -4.67. The van der Waals surface area contributed by atoms with E-state index in [-0.39, 0.29) is 25.5 Å². The van der Waals surface area contributed by atoms with E-state index in [1.165, 1.54) is 0 Å². The molecule has 92 valence electrons. The highest BCUT2D eigenvalue weighted by molar-refractivity contribution is 7.79. The first-order chi connectivity index (χ1) is 5.41. The van der Waals surface area contributed by atoms with Crippen molar-refractivity contribution < 1.29 is 32.5 Å². The largest absolute Gasteiger partial charge is 0.394 e. The van der Waals surface area contributed by atoms with Gasteiger partial charge in [0.05, 0.1) is 26.4 Å². The fraction of sp³-hybridized carbons (Fsp3) is 1.00. The number of aliphatic hydroxyl groups excluding tert-OH is 2. The summed E-state index contributed by atoms with van der Waals surface area (Å²) in [5, 5.41) is 16.2. The third-order valence-corrected chi connectivity index (χ3v) is 0.471. The second-order valence-corrected chi connectivity index (χ2v) is 2.40. The lowest BCUT2D eigenvalue weighted by Gasteiger charge is -1.94. The first-order valence-corrected chi connectivity index (χ1v) is 4.31. The summed E-state index contributed by atoms with van der Waals surface area (Å²) in [5.41, 5.74) is 0. The van der Waals surface area contributed by atoms with Gasteiger partial charge in [-0.15, -0.1) is 0 Å². The van der Waals surface area contributed by atoms with E-state index in [2.05, 4.69) is 4.74 Å². The lowest BCUT2D eigenvalue weighted by Crippen LogP contribution is -2.03. The Bertz CT molecular complexity index is 159. The molecule has 0 aliphatic rings. The zero-order chi connectivity index (χ0) is 10.0. The molecule has 0 bridgehead atoms. The van der Waals surface area contributed by atoms with Crippen LogP contribution in [0.2, 0.25) is 0 Å². The molecule has 0 aliphatic heterocycles. The molecule has 0 aromatic carbocycles. The maximum absolute atomic E-state index is 8.74. The Kier molecular flexibility index (Phi) is 25.4. The van der Waals surface area contributed by atoms with Crippen molar-refractivity contribution in [3.63, 3.8) is 0 Å². The van der Waals surface area contributed by atoms with Crippen molar-refractivity contribution in [2.45, 2.75) is 0 Å². The Morgan fingerprint density at radius 2 is 1.14 bits per heavy atom. The summed E-state index contributed by atoms with van der Waals surface area (Å²) in [6.45, 7) is 0.696. The van der Waals surface area contributed by atoms with Crippen molar-refractivity contribution in [1.82, 2.24) is 12.3 Å². The molecule has 0 spiro atoms. The summed E-state index contributed by atoms with van der Waals surface area (Å²) in [7, 11) is -4.67. The molecule has 0 unspecified atom stereocenters. The summed E-state index contributed by atoms with van der Waals surface area (Å²) in [6, 6.07) is 0. The quantitative estimate of drug-likeness (QED) is 0.253. The van der Waals surface area contributed by atoms with Crippen LogP contribution in [0, 0.1) is 0 Å². The normalized spacial score (nSPS) is 8.86. The van der Waals surface area contributed by atoms with Crippen molar-refractivity contribution >= 4 is 10.4 Å². The predicted molar refractivity (Wildman–Crippen MR) is 49.2 cm³/mol. The van der Waals surface area contributed by atoms with Crippen LogP contribution in [0.4, 0.5) is 0 Å². The molecule has 0 aromatic heterocycles. The highest BCUT2D eigenvalue weighted by Crippen LogP contribution is 1.68. The van der Waals surface area contributed by atoms with Crippen LogP contribution < -0.4 is 12.3 Å². The van der Waals surface area contributed by atoms with E-state index < -0.39 is 10.4 Å². The number of ether oxygens (including phenoxy) is 1. The van der Waals surface area contributed by atoms with E-state index in [4.69, 9.17) is 27.7 Å². The van der Waals surface area contributed by atoms with Crippen LogP contribution >= 0.6 is 0 Å². The average molecular weight is 238 g/mol. The Hall–Kier alpha value is -0.330. The van der Waals surface area contributed by atoms with E-state index in [1.54, 1.807) is 0 Å². The van der Waals surface area contributed by atoms with Gasteiger partial charge >= 0.3 is 10.4 Å². The van der Waals surface area contributed by atoms with Crippen LogP contribution in [0.25, 0.3) is 0 Å². The first kappa shape index (κ1) is 23.5. The van der Waals surface area contributed by atoms with Gasteiger partial charge in [0.25, 0.3) is 0 Å². The van der Waals surface area contributed by atoms with Crippen LogP contribution in [0.15, 0.2) is 0 Å². The molecule has 0 saturated carbocycles. The number of hydrogen-bond donors (Lipinski definition) is 6. The smallest absolute Gasteiger partial charge is 0.394 e. The van der Waals surface area contributed by atoms with Crippen LogP contribution in [-0.2, 0) is 15.1 Å². The minimum Gasteiger partial charge on any atom is -0.394 e. The molecule has 14 heavy (non-hydrogen) atoms. The Morgan fingerprint density at radius 3 is 1.29 bits per heavy atom. The van der Waals surface area contributed by atoms with Gasteiger partial charge in [-0.25, -0.2) is 0 Å². The summed E-state index contributed by atoms with van der Waals surface area (Å²) >= 11 is 0. The zero-order valence-electron chi connectivity index (χ0n) is 7.66. The van der Waals surface area contributed by atoms with Crippen molar-refractivity contribution in [2.75, 3.05) is 26.4 Å². The maximum atomic E-state index is 8.74. The van der Waals surface area contributed by atoms with E-state index in [0.29, 0.717) is 13.2 Å². The van der Waals surface area contributed by atoms with Crippen LogP contribution in [0.3, 0.4) is 0 Å². The van der Waals surface area contributed by atoms with Gasteiger partial charge in [0.2, 0.25) is 0 Å². The molecule has 0 atom stereocenters. The van der Waals surface area contributed by atoms with Crippen molar-refractivity contribution in [3.05, 3.63) is 0 Å². The molecule has 9 nitrogen and oxygen atoms in total. The molecule has 0 aromatic rings. The molecule has 10 N–H and O–H groups in total. The van der Waals surface area contributed by atoms with E-state index in [9.17, 15) is 0 Å². The summed E-state index contributed by atoms with van der Waals surface area (Å²) < 4.78 is 36.2. The molecule has 0 aliphatic carbocycles. The van der Waals surface area contributed by atoms with E-state index in [0.717, 1.165) is 0 Å². The Balaban J connectivity index is -0.0000000651. The monoisotopic (exact) mass is 238 g/mol. The third kappa shape index (κ3) is 98.6. The summed E-state index contributed by atoms with van der Waals surface area (Å²) in [4.78, 5) is 0. The van der Waals surface area contributed by atoms with Gasteiger partial charge in [-0.1, -0.05) is 0 Å². The second kappa shape index (κ2) is 15.2. The molecule has 0 radical (unpaired) electrons. The van der Waals surface area contributed by atoms with Crippen LogP contribution in [0.5, 0.6) is 0 Å². The topological polar surface area (TPSA) is 194 Å². The summed E-state index contributed by atoms with van der Waals surface area (Å²) in [5.74, 6) is 0. The SMILES string of the molecule is N.N.O=S(=O)(O)O.OCCOCCO. The van der Waals surface area contributed by atoms with Crippen molar-refractivity contribution in [3.8, 4) is 0 Å². The predicted octanol–water partition coefficient (Wildman–Crippen LogP) is -1.34. The number of rotatable bonds is 4. The van der Waals surface area contributed by atoms with E-state index in [1.807, 2.05) is 0 Å². The van der Waals surface area contributed by atoms with E-state index >= 15 is 0 Å². The zero-order valence-corrected chi connectivity index (χ0v) is 8.48. The van der Waals surface area contributed by atoms with Crippen LogP contribution in [-0.4, -0.2) is 54.2 Å². The molecule has 0 fully saturated rings. The highest BCUT2D eigenvalue weighted by atomic mass is 32.3. The van der Waals surface area contributed by atoms with Crippen LogP contribution in [0.1, 0.15) is 0 Å². The molecule has 10 heteroatoms. The van der Waals surface area contributed by atoms with Crippen molar-refractivity contribution in [2.24, 2.45) is 0 Å². The molecule has 0 heterocycles. The Morgan fingerprint density at radius 1 is 0.929 bits per heavy atom. The van der Waals surface area contributed by atoms with Gasteiger partial charge in [0, 0.05) is 0 Å². The van der Waals surface area contributed by atoms with Gasteiger partial charge in [-0.2, -0.15) is 8.42 Å². The molecule has 0 rings (SSSR count). The van der Waals surface area contributed by atoms with Gasteiger partial charge in [-0.05, 0) is 0 Å². The summed E-state index contributed by atoms with van der Waals surface area (Å²) in [6.07, 6.45) is 0. The number of aliphatic hydroxyl groups is 2. The molecular formula is C4H18N2O7S. The van der Waals surface area contributed by atoms with Gasteiger partial charge in [0.15, 0.2) is 0 Å². The fourth-order valence-electron chi connectivity index (χ4n) is 0.231. The van der Waals surface area contributed by atoms with Gasteiger partial charge in [-0.3, -0.25) is 9.11 Å². The molecule has 0 amide bonds. The second-order valence-electron chi connectivity index (χ2n) is 1.51. The maximum Gasteiger partial charge on any atom is 0.394 e. The minimum absolute atomic E-state index is 0. The lowest BCUT2D eigenvalue weighted by molar-refractivity contribution is 0.0650. The fourth-order valence-corrected chi connectivity index (χ4v) is 0.231. The highest BCUT2D eigenvalue weighted by Gasteiger charge is 1.84. The first-order valence-electron chi connectivity index (χ1n) is 2.91. The van der Waals surface area contributed by atoms with Gasteiger partial charge < -0.3 is 27.3 Å². The molecular weight excluding hydrogens is 220 g/mol. The van der Waals surface area contributed by atoms with Crippen molar-refractivity contribution in [1.29, 1.82) is 0 Å². The third-order valence-electron chi connectivity index (χ3n) is 0.471. The Labute approximate surface area is 82.4 Å². The standard InChI is InChI=1S/C4H10O3.2H3N.H2O4S/c5-1-3-7-4-2-6;;;1-5(2,3)4/h5-6H,1-4H2;2*1H3;(H2,1,2,3,4). The molecule has 0 saturated heterocycles.